The highest BCUT2D eigenvalue weighted by atomic mass is 16.6. The average Bonchev–Trinajstić information content (AvgIpc) is 2.43. The van der Waals surface area contributed by atoms with Gasteiger partial charge >= 0.3 is 17.9 Å². The zero-order valence-electron chi connectivity index (χ0n) is 13.4. The number of esters is 2. The Kier molecular flexibility index (Phi) is 5.86. The molecule has 1 rings (SSSR count). The van der Waals surface area contributed by atoms with Crippen molar-refractivity contribution >= 4 is 17.9 Å². The number of carboxylic acids is 1. The van der Waals surface area contributed by atoms with Crippen LogP contribution in [0.5, 0.6) is 0 Å². The number of ether oxygens (including phenoxy) is 2. The molecule has 0 saturated carbocycles. The van der Waals surface area contributed by atoms with Crippen LogP contribution in [0.1, 0.15) is 32.8 Å². The second-order valence-corrected chi connectivity index (χ2v) is 6.11. The highest BCUT2D eigenvalue weighted by Gasteiger charge is 2.48. The highest BCUT2D eigenvalue weighted by molar-refractivity contribution is 6.07. The van der Waals surface area contributed by atoms with Gasteiger partial charge in [0.1, 0.15) is 12.2 Å². The normalized spacial score (nSPS) is 13.7. The lowest BCUT2D eigenvalue weighted by atomic mass is 9.96. The third-order valence-corrected chi connectivity index (χ3v) is 2.77. The summed E-state index contributed by atoms with van der Waals surface area (Å²) in [4.78, 5) is 35.3. The van der Waals surface area contributed by atoms with E-state index in [0.29, 0.717) is 5.56 Å². The minimum atomic E-state index is -2.39. The zero-order valence-corrected chi connectivity index (χ0v) is 13.4. The summed E-state index contributed by atoms with van der Waals surface area (Å²) in [6, 6.07) is 8.74. The average molecular weight is 323 g/mol. The summed E-state index contributed by atoms with van der Waals surface area (Å²) in [5.74, 6) is -3.68. The SMILES string of the molecule is CC(C)(C)OC(=O)[C@](N)(CC(=O)O)C(=O)OCc1ccccc1. The first kappa shape index (κ1) is 18.6. The number of carbonyl (C=O) groups is 3. The van der Waals surface area contributed by atoms with Gasteiger partial charge in [0.25, 0.3) is 0 Å². The molecule has 0 aliphatic carbocycles. The molecule has 0 bridgehead atoms. The monoisotopic (exact) mass is 323 g/mol. The van der Waals surface area contributed by atoms with E-state index < -0.39 is 35.5 Å². The number of aliphatic carboxylic acids is 1. The molecule has 0 amide bonds. The Hall–Kier alpha value is -2.41. The first-order valence-corrected chi connectivity index (χ1v) is 7.00. The Bertz CT molecular complexity index is 578. The third-order valence-electron chi connectivity index (χ3n) is 2.77. The Morgan fingerprint density at radius 2 is 1.65 bits per heavy atom. The second kappa shape index (κ2) is 7.23. The van der Waals surface area contributed by atoms with Crippen molar-refractivity contribution in [3.05, 3.63) is 35.9 Å². The van der Waals surface area contributed by atoms with Crippen LogP contribution in [0.15, 0.2) is 30.3 Å². The van der Waals surface area contributed by atoms with E-state index in [4.69, 9.17) is 20.3 Å². The standard InChI is InChI=1S/C16H21NO6/c1-15(2,3)23-14(21)16(17,9-12(18)19)13(20)22-10-11-7-5-4-6-8-11/h4-8H,9-10,17H2,1-3H3,(H,18,19)/t16-/m0/s1. The summed E-state index contributed by atoms with van der Waals surface area (Å²) in [6.45, 7) is 4.63. The van der Waals surface area contributed by atoms with Crippen molar-refractivity contribution in [2.75, 3.05) is 0 Å². The van der Waals surface area contributed by atoms with E-state index in [1.165, 1.54) is 0 Å². The van der Waals surface area contributed by atoms with Gasteiger partial charge in [0, 0.05) is 0 Å². The van der Waals surface area contributed by atoms with Gasteiger partial charge < -0.3 is 20.3 Å². The van der Waals surface area contributed by atoms with E-state index in [2.05, 4.69) is 0 Å². The molecular weight excluding hydrogens is 302 g/mol. The lowest BCUT2D eigenvalue weighted by molar-refractivity contribution is -0.175. The van der Waals surface area contributed by atoms with Crippen molar-refractivity contribution in [2.45, 2.75) is 44.9 Å². The fourth-order valence-electron chi connectivity index (χ4n) is 1.69. The van der Waals surface area contributed by atoms with Gasteiger partial charge in [0.15, 0.2) is 0 Å². The summed E-state index contributed by atoms with van der Waals surface area (Å²) < 4.78 is 10.1. The number of carboxylic acid groups (broad SMARTS) is 1. The maximum Gasteiger partial charge on any atom is 0.339 e. The van der Waals surface area contributed by atoms with Gasteiger partial charge in [0.05, 0.1) is 6.42 Å². The molecule has 0 heterocycles. The van der Waals surface area contributed by atoms with Gasteiger partial charge in [-0.05, 0) is 26.3 Å². The van der Waals surface area contributed by atoms with Crippen molar-refractivity contribution in [3.63, 3.8) is 0 Å². The number of hydrogen-bond acceptors (Lipinski definition) is 6. The molecule has 7 heteroatoms. The Balaban J connectivity index is 2.88. The fourth-order valence-corrected chi connectivity index (χ4v) is 1.69. The summed E-state index contributed by atoms with van der Waals surface area (Å²) in [7, 11) is 0. The summed E-state index contributed by atoms with van der Waals surface area (Å²) in [5, 5.41) is 8.93. The minimum Gasteiger partial charge on any atom is -0.481 e. The van der Waals surface area contributed by atoms with Crippen LogP contribution in [0.25, 0.3) is 0 Å². The molecule has 0 spiro atoms. The van der Waals surface area contributed by atoms with E-state index in [0.717, 1.165) is 0 Å². The topological polar surface area (TPSA) is 116 Å². The van der Waals surface area contributed by atoms with Crippen LogP contribution in [-0.2, 0) is 30.5 Å². The first-order valence-electron chi connectivity index (χ1n) is 7.00. The molecular formula is C16H21NO6. The van der Waals surface area contributed by atoms with Gasteiger partial charge in [-0.1, -0.05) is 30.3 Å². The van der Waals surface area contributed by atoms with Gasteiger partial charge in [-0.15, -0.1) is 0 Å². The molecule has 0 saturated heterocycles. The first-order chi connectivity index (χ1) is 10.5. The van der Waals surface area contributed by atoms with E-state index in [-0.39, 0.29) is 6.61 Å². The van der Waals surface area contributed by atoms with Crippen LogP contribution >= 0.6 is 0 Å². The highest BCUT2D eigenvalue weighted by Crippen LogP contribution is 2.18. The lowest BCUT2D eigenvalue weighted by Crippen LogP contribution is -2.59. The molecule has 3 N–H and O–H groups in total. The molecule has 0 fully saturated rings. The van der Waals surface area contributed by atoms with E-state index in [1.807, 2.05) is 0 Å². The number of carbonyl (C=O) groups excluding carboxylic acids is 2. The predicted octanol–water partition coefficient (Wildman–Crippen LogP) is 1.24. The largest absolute Gasteiger partial charge is 0.481 e. The van der Waals surface area contributed by atoms with Crippen molar-refractivity contribution in [3.8, 4) is 0 Å². The number of nitrogens with two attached hydrogens (primary N) is 1. The Morgan fingerprint density at radius 1 is 1.09 bits per heavy atom. The summed E-state index contributed by atoms with van der Waals surface area (Å²) in [6.07, 6.45) is -0.921. The van der Waals surface area contributed by atoms with Crippen molar-refractivity contribution in [2.24, 2.45) is 5.73 Å². The van der Waals surface area contributed by atoms with Crippen molar-refractivity contribution < 1.29 is 29.0 Å². The van der Waals surface area contributed by atoms with E-state index in [1.54, 1.807) is 51.1 Å². The van der Waals surface area contributed by atoms with Gasteiger partial charge in [-0.25, -0.2) is 9.59 Å². The maximum absolute atomic E-state index is 12.2. The molecule has 7 nitrogen and oxygen atoms in total. The summed E-state index contributed by atoms with van der Waals surface area (Å²) in [5.41, 5.74) is 3.10. The molecule has 23 heavy (non-hydrogen) atoms. The maximum atomic E-state index is 12.2. The molecule has 0 aromatic heterocycles. The van der Waals surface area contributed by atoms with Crippen LogP contribution in [0.4, 0.5) is 0 Å². The van der Waals surface area contributed by atoms with Crippen molar-refractivity contribution in [1.82, 2.24) is 0 Å². The van der Waals surface area contributed by atoms with Gasteiger partial charge in [-0.2, -0.15) is 0 Å². The molecule has 1 atom stereocenters. The van der Waals surface area contributed by atoms with E-state index in [9.17, 15) is 14.4 Å². The van der Waals surface area contributed by atoms with E-state index >= 15 is 0 Å². The minimum absolute atomic E-state index is 0.124. The smallest absolute Gasteiger partial charge is 0.339 e. The summed E-state index contributed by atoms with van der Waals surface area (Å²) >= 11 is 0. The third kappa shape index (κ3) is 5.71. The number of rotatable bonds is 6. The second-order valence-electron chi connectivity index (χ2n) is 6.11. The number of benzene rings is 1. The Labute approximate surface area is 134 Å². The quantitative estimate of drug-likeness (QED) is 0.597. The number of hydrogen-bond donors (Lipinski definition) is 2. The molecule has 126 valence electrons. The van der Waals surface area contributed by atoms with Crippen LogP contribution in [0.2, 0.25) is 0 Å². The molecule has 0 aliphatic heterocycles. The van der Waals surface area contributed by atoms with Crippen molar-refractivity contribution in [1.29, 1.82) is 0 Å². The molecule has 1 aromatic rings. The van der Waals surface area contributed by atoms with Crippen LogP contribution in [-0.4, -0.2) is 34.2 Å². The van der Waals surface area contributed by atoms with Crippen LogP contribution < -0.4 is 5.73 Å². The van der Waals surface area contributed by atoms with Crippen LogP contribution in [0, 0.1) is 0 Å². The van der Waals surface area contributed by atoms with Gasteiger partial charge in [-0.3, -0.25) is 4.79 Å². The fraction of sp³-hybridized carbons (Fsp3) is 0.438. The molecule has 1 aromatic carbocycles. The molecule has 0 radical (unpaired) electrons. The zero-order chi connectivity index (χ0) is 17.7. The van der Waals surface area contributed by atoms with Crippen LogP contribution in [0.3, 0.4) is 0 Å². The Morgan fingerprint density at radius 3 is 2.13 bits per heavy atom. The lowest BCUT2D eigenvalue weighted by Gasteiger charge is -2.28. The molecule has 0 unspecified atom stereocenters. The molecule has 0 aliphatic rings. The predicted molar refractivity (Wildman–Crippen MR) is 81.3 cm³/mol. The van der Waals surface area contributed by atoms with Gasteiger partial charge in [0.2, 0.25) is 5.54 Å².